The predicted octanol–water partition coefficient (Wildman–Crippen LogP) is -0.422. The van der Waals surface area contributed by atoms with Crippen molar-refractivity contribution in [1.29, 1.82) is 0 Å². The van der Waals surface area contributed by atoms with E-state index in [2.05, 4.69) is 15.6 Å². The molecule has 12 heavy (non-hydrogen) atoms. The van der Waals surface area contributed by atoms with Crippen LogP contribution in [-0.2, 0) is 11.8 Å². The average molecular weight is 168 g/mol. The summed E-state index contributed by atoms with van der Waals surface area (Å²) < 4.78 is 1.74. The second kappa shape index (κ2) is 3.87. The number of likely N-dealkylation sites (N-methyl/N-ethyl adjacent to an activating group) is 1. The molecule has 1 heterocycles. The number of rotatable bonds is 3. The van der Waals surface area contributed by atoms with Gasteiger partial charge in [0, 0.05) is 19.4 Å². The molecule has 0 aliphatic rings. The molecule has 0 bridgehead atoms. The van der Waals surface area contributed by atoms with Crippen molar-refractivity contribution in [3.8, 4) is 0 Å². The number of hydrogen-bond donors (Lipinski definition) is 2. The Labute approximate surface area is 70.8 Å². The number of amides is 1. The molecule has 0 unspecified atom stereocenters. The smallest absolute Gasteiger partial charge is 0.240 e. The fraction of sp³-hybridized carbons (Fsp3) is 0.429. The molecule has 0 aliphatic heterocycles. The van der Waals surface area contributed by atoms with Crippen molar-refractivity contribution in [3.63, 3.8) is 0 Å². The SMILES string of the molecule is CNCC(=O)Nc1nccn1C. The summed E-state index contributed by atoms with van der Waals surface area (Å²) >= 11 is 0. The first-order valence-electron chi connectivity index (χ1n) is 3.66. The minimum Gasteiger partial charge on any atom is -0.320 e. The van der Waals surface area contributed by atoms with Crippen LogP contribution in [0.15, 0.2) is 12.4 Å². The number of hydrogen-bond acceptors (Lipinski definition) is 3. The monoisotopic (exact) mass is 168 g/mol. The van der Waals surface area contributed by atoms with Crippen molar-refractivity contribution in [1.82, 2.24) is 14.9 Å². The van der Waals surface area contributed by atoms with Gasteiger partial charge in [-0.3, -0.25) is 10.1 Å². The van der Waals surface area contributed by atoms with E-state index in [1.807, 2.05) is 7.05 Å². The molecule has 2 N–H and O–H groups in total. The van der Waals surface area contributed by atoms with E-state index in [1.165, 1.54) is 0 Å². The lowest BCUT2D eigenvalue weighted by atomic mass is 10.6. The zero-order chi connectivity index (χ0) is 8.97. The standard InChI is InChI=1S/C7H12N4O/c1-8-5-6(12)10-7-9-3-4-11(7)2/h3-4,8H,5H2,1-2H3,(H,9,10,12). The topological polar surface area (TPSA) is 59.0 Å². The van der Waals surface area contributed by atoms with Gasteiger partial charge in [-0.05, 0) is 7.05 Å². The van der Waals surface area contributed by atoms with E-state index in [9.17, 15) is 4.79 Å². The zero-order valence-corrected chi connectivity index (χ0v) is 7.16. The molecule has 0 aromatic carbocycles. The maximum Gasteiger partial charge on any atom is 0.240 e. The van der Waals surface area contributed by atoms with Gasteiger partial charge in [-0.15, -0.1) is 0 Å². The first-order valence-corrected chi connectivity index (χ1v) is 3.66. The lowest BCUT2D eigenvalue weighted by molar-refractivity contribution is -0.115. The molecule has 1 aromatic heterocycles. The van der Waals surface area contributed by atoms with Crippen molar-refractivity contribution >= 4 is 11.9 Å². The maximum absolute atomic E-state index is 11.0. The molecular weight excluding hydrogens is 156 g/mol. The molecule has 0 saturated heterocycles. The van der Waals surface area contributed by atoms with Gasteiger partial charge in [0.2, 0.25) is 11.9 Å². The Bertz CT molecular complexity index is 268. The van der Waals surface area contributed by atoms with Crippen LogP contribution in [0.1, 0.15) is 0 Å². The van der Waals surface area contributed by atoms with Gasteiger partial charge in [-0.2, -0.15) is 0 Å². The number of nitrogens with one attached hydrogen (secondary N) is 2. The molecule has 0 fully saturated rings. The van der Waals surface area contributed by atoms with E-state index in [1.54, 1.807) is 24.0 Å². The molecule has 0 aliphatic carbocycles. The summed E-state index contributed by atoms with van der Waals surface area (Å²) in [4.78, 5) is 15.0. The number of imidazole rings is 1. The molecular formula is C7H12N4O. The van der Waals surface area contributed by atoms with Crippen LogP contribution in [0.3, 0.4) is 0 Å². The van der Waals surface area contributed by atoms with E-state index >= 15 is 0 Å². The van der Waals surface area contributed by atoms with E-state index in [0.717, 1.165) is 0 Å². The predicted molar refractivity (Wildman–Crippen MR) is 45.8 cm³/mol. The van der Waals surface area contributed by atoms with E-state index < -0.39 is 0 Å². The lowest BCUT2D eigenvalue weighted by Gasteiger charge is -2.03. The van der Waals surface area contributed by atoms with Crippen molar-refractivity contribution in [3.05, 3.63) is 12.4 Å². The summed E-state index contributed by atoms with van der Waals surface area (Å²) in [5.41, 5.74) is 0. The summed E-state index contributed by atoms with van der Waals surface area (Å²) in [6.07, 6.45) is 3.41. The van der Waals surface area contributed by atoms with Gasteiger partial charge in [-0.1, -0.05) is 0 Å². The van der Waals surface area contributed by atoms with E-state index in [4.69, 9.17) is 0 Å². The summed E-state index contributed by atoms with van der Waals surface area (Å²) in [7, 11) is 3.54. The van der Waals surface area contributed by atoms with Gasteiger partial charge >= 0.3 is 0 Å². The lowest BCUT2D eigenvalue weighted by Crippen LogP contribution is -2.26. The Balaban J connectivity index is 2.52. The number of aryl methyl sites for hydroxylation is 1. The summed E-state index contributed by atoms with van der Waals surface area (Å²) in [5, 5.41) is 5.39. The van der Waals surface area contributed by atoms with Crippen molar-refractivity contribution in [2.24, 2.45) is 7.05 Å². The molecule has 5 heteroatoms. The van der Waals surface area contributed by atoms with Crippen LogP contribution in [0, 0.1) is 0 Å². The van der Waals surface area contributed by atoms with Crippen LogP contribution in [-0.4, -0.2) is 29.1 Å². The summed E-state index contributed by atoms with van der Waals surface area (Å²) in [5.74, 6) is 0.474. The zero-order valence-electron chi connectivity index (χ0n) is 7.16. The maximum atomic E-state index is 11.0. The first-order chi connectivity index (χ1) is 5.74. The molecule has 1 aromatic rings. The van der Waals surface area contributed by atoms with Crippen LogP contribution >= 0.6 is 0 Å². The molecule has 0 spiro atoms. The minimum absolute atomic E-state index is 0.0909. The normalized spacial score (nSPS) is 9.83. The third-order valence-electron chi connectivity index (χ3n) is 1.41. The Kier molecular flexibility index (Phi) is 2.82. The van der Waals surface area contributed by atoms with Crippen LogP contribution < -0.4 is 10.6 Å². The van der Waals surface area contributed by atoms with Gasteiger partial charge in [0.1, 0.15) is 0 Å². The van der Waals surface area contributed by atoms with Crippen molar-refractivity contribution in [2.45, 2.75) is 0 Å². The third kappa shape index (κ3) is 2.06. The molecule has 1 rings (SSSR count). The highest BCUT2D eigenvalue weighted by Crippen LogP contribution is 1.99. The highest BCUT2D eigenvalue weighted by Gasteiger charge is 2.02. The molecule has 0 saturated carbocycles. The Morgan fingerprint density at radius 1 is 1.75 bits per heavy atom. The van der Waals surface area contributed by atoms with Gasteiger partial charge in [0.25, 0.3) is 0 Å². The summed E-state index contributed by atoms with van der Waals surface area (Å²) in [6, 6.07) is 0. The van der Waals surface area contributed by atoms with E-state index in [0.29, 0.717) is 12.5 Å². The molecule has 5 nitrogen and oxygen atoms in total. The van der Waals surface area contributed by atoms with Gasteiger partial charge in [0.05, 0.1) is 6.54 Å². The fourth-order valence-electron chi connectivity index (χ4n) is 0.816. The van der Waals surface area contributed by atoms with Gasteiger partial charge in [-0.25, -0.2) is 4.98 Å². The second-order valence-corrected chi connectivity index (χ2v) is 2.44. The minimum atomic E-state index is -0.0909. The third-order valence-corrected chi connectivity index (χ3v) is 1.41. The highest BCUT2D eigenvalue weighted by atomic mass is 16.2. The van der Waals surface area contributed by atoms with Crippen LogP contribution in [0.25, 0.3) is 0 Å². The highest BCUT2D eigenvalue weighted by molar-refractivity contribution is 5.90. The number of nitrogens with zero attached hydrogens (tertiary/aromatic N) is 2. The van der Waals surface area contributed by atoms with Crippen molar-refractivity contribution in [2.75, 3.05) is 18.9 Å². The van der Waals surface area contributed by atoms with Crippen LogP contribution in [0.4, 0.5) is 5.95 Å². The van der Waals surface area contributed by atoms with E-state index in [-0.39, 0.29) is 5.91 Å². The van der Waals surface area contributed by atoms with Crippen LogP contribution in [0.2, 0.25) is 0 Å². The Morgan fingerprint density at radius 3 is 3.00 bits per heavy atom. The van der Waals surface area contributed by atoms with Gasteiger partial charge < -0.3 is 9.88 Å². The van der Waals surface area contributed by atoms with Crippen LogP contribution in [0.5, 0.6) is 0 Å². The number of anilines is 1. The second-order valence-electron chi connectivity index (χ2n) is 2.44. The number of carbonyl (C=O) groups excluding carboxylic acids is 1. The quantitative estimate of drug-likeness (QED) is 0.644. The molecule has 0 radical (unpaired) electrons. The first kappa shape index (κ1) is 8.73. The Hall–Kier alpha value is -1.36. The number of aromatic nitrogens is 2. The largest absolute Gasteiger partial charge is 0.320 e. The molecule has 66 valence electrons. The van der Waals surface area contributed by atoms with Crippen molar-refractivity contribution < 1.29 is 4.79 Å². The fourth-order valence-corrected chi connectivity index (χ4v) is 0.816. The molecule has 0 atom stereocenters. The Morgan fingerprint density at radius 2 is 2.50 bits per heavy atom. The van der Waals surface area contributed by atoms with Gasteiger partial charge in [0.15, 0.2) is 0 Å². The molecule has 1 amide bonds. The number of carbonyl (C=O) groups is 1. The average Bonchev–Trinajstić information content (AvgIpc) is 2.37. The summed E-state index contributed by atoms with van der Waals surface area (Å²) in [6.45, 7) is 0.298.